The number of aromatic nitrogens is 2. The zero-order valence-corrected chi connectivity index (χ0v) is 17.4. The van der Waals surface area contributed by atoms with Gasteiger partial charge in [-0.3, -0.25) is 9.48 Å². The van der Waals surface area contributed by atoms with E-state index in [0.29, 0.717) is 19.5 Å². The second-order valence-corrected chi connectivity index (χ2v) is 7.62. The van der Waals surface area contributed by atoms with Crippen molar-refractivity contribution in [2.75, 3.05) is 27.7 Å². The highest BCUT2D eigenvalue weighted by Crippen LogP contribution is 2.37. The van der Waals surface area contributed by atoms with Gasteiger partial charge in [0.15, 0.2) is 5.96 Å². The van der Waals surface area contributed by atoms with E-state index in [1.807, 2.05) is 67.1 Å². The van der Waals surface area contributed by atoms with Crippen LogP contribution in [0.15, 0.2) is 41.5 Å². The molecule has 0 aliphatic carbocycles. The molecule has 0 saturated carbocycles. The molecule has 1 saturated heterocycles. The number of nitrogens with one attached hydrogen (secondary N) is 1. The molecule has 1 aliphatic rings. The summed E-state index contributed by atoms with van der Waals surface area (Å²) >= 11 is 0. The molecule has 1 aromatic carbocycles. The molecule has 150 valence electrons. The molecule has 2 aromatic rings. The number of carbonyl (C=O) groups is 1. The molecule has 0 spiro atoms. The molecule has 2 heterocycles. The van der Waals surface area contributed by atoms with Crippen LogP contribution in [-0.2, 0) is 18.4 Å². The Morgan fingerprint density at radius 3 is 2.61 bits per heavy atom. The molecular formula is C21H30N6O. The first-order valence-electron chi connectivity index (χ1n) is 9.62. The summed E-state index contributed by atoms with van der Waals surface area (Å²) in [6, 6.07) is 10.2. The molecule has 1 amide bonds. The van der Waals surface area contributed by atoms with Crippen molar-refractivity contribution >= 4 is 11.9 Å². The van der Waals surface area contributed by atoms with E-state index >= 15 is 0 Å². The maximum absolute atomic E-state index is 12.4. The van der Waals surface area contributed by atoms with Gasteiger partial charge in [0.2, 0.25) is 5.91 Å². The predicted octanol–water partition coefficient (Wildman–Crippen LogP) is 1.96. The smallest absolute Gasteiger partial charge is 0.223 e. The summed E-state index contributed by atoms with van der Waals surface area (Å²) in [5.41, 5.74) is 3.39. The van der Waals surface area contributed by atoms with Crippen LogP contribution in [-0.4, -0.2) is 59.1 Å². The van der Waals surface area contributed by atoms with Gasteiger partial charge in [0.1, 0.15) is 0 Å². The lowest BCUT2D eigenvalue weighted by molar-refractivity contribution is -0.127. The monoisotopic (exact) mass is 382 g/mol. The van der Waals surface area contributed by atoms with Crippen molar-refractivity contribution in [2.45, 2.75) is 25.9 Å². The van der Waals surface area contributed by atoms with Gasteiger partial charge in [-0.25, -0.2) is 4.99 Å². The lowest BCUT2D eigenvalue weighted by Crippen LogP contribution is -2.40. The Morgan fingerprint density at radius 1 is 1.29 bits per heavy atom. The molecule has 2 atom stereocenters. The summed E-state index contributed by atoms with van der Waals surface area (Å²) < 4.78 is 1.86. The SMILES string of the molecule is Cc1c([C@H]2[C@H](CNC(=NCc3ccccc3)N(C)C)CC(=O)N2C)cnn1C. The summed E-state index contributed by atoms with van der Waals surface area (Å²) in [4.78, 5) is 21.0. The highest BCUT2D eigenvalue weighted by Gasteiger charge is 2.39. The van der Waals surface area contributed by atoms with Crippen molar-refractivity contribution < 1.29 is 4.79 Å². The molecule has 28 heavy (non-hydrogen) atoms. The van der Waals surface area contributed by atoms with Crippen molar-refractivity contribution in [3.63, 3.8) is 0 Å². The fourth-order valence-corrected chi connectivity index (χ4v) is 3.73. The summed E-state index contributed by atoms with van der Waals surface area (Å²) in [7, 11) is 7.77. The third kappa shape index (κ3) is 4.18. The normalized spacial score (nSPS) is 20.0. The predicted molar refractivity (Wildman–Crippen MR) is 111 cm³/mol. The average Bonchev–Trinajstić information content (AvgIpc) is 3.14. The maximum atomic E-state index is 12.4. The number of nitrogens with zero attached hydrogens (tertiary/aromatic N) is 5. The molecule has 0 radical (unpaired) electrons. The molecule has 0 bridgehead atoms. The Hall–Kier alpha value is -2.83. The summed E-state index contributed by atoms with van der Waals surface area (Å²) in [5, 5.41) is 7.84. The molecule has 1 aliphatic heterocycles. The fourth-order valence-electron chi connectivity index (χ4n) is 3.73. The lowest BCUT2D eigenvalue weighted by Gasteiger charge is -2.26. The number of aliphatic imine (C=N–C) groups is 1. The van der Waals surface area contributed by atoms with Gasteiger partial charge in [-0.1, -0.05) is 30.3 Å². The van der Waals surface area contributed by atoms with Crippen molar-refractivity contribution in [3.8, 4) is 0 Å². The number of guanidine groups is 1. The van der Waals surface area contributed by atoms with E-state index in [0.717, 1.165) is 17.2 Å². The molecule has 0 unspecified atom stereocenters. The number of benzene rings is 1. The number of rotatable bonds is 5. The number of aryl methyl sites for hydroxylation is 1. The molecule has 7 heteroatoms. The third-order valence-corrected chi connectivity index (χ3v) is 5.49. The van der Waals surface area contributed by atoms with E-state index in [-0.39, 0.29) is 17.9 Å². The molecule has 1 N–H and O–H groups in total. The van der Waals surface area contributed by atoms with Crippen LogP contribution in [0.4, 0.5) is 0 Å². The number of amides is 1. The minimum absolute atomic E-state index is 0.0336. The van der Waals surface area contributed by atoms with Crippen LogP contribution in [0.5, 0.6) is 0 Å². The second-order valence-electron chi connectivity index (χ2n) is 7.62. The molecular weight excluding hydrogens is 352 g/mol. The Morgan fingerprint density at radius 2 is 2.00 bits per heavy atom. The summed E-state index contributed by atoms with van der Waals surface area (Å²) in [6.07, 6.45) is 2.42. The maximum Gasteiger partial charge on any atom is 0.223 e. The first kappa shape index (κ1) is 19.9. The van der Waals surface area contributed by atoms with Crippen LogP contribution in [0.25, 0.3) is 0 Å². The standard InChI is InChI=1S/C21H30N6O/c1-15-18(14-24-27(15)5)20-17(11-19(28)26(20)4)13-23-21(25(2)3)22-12-16-9-7-6-8-10-16/h6-10,14,17,20H,11-13H2,1-5H3,(H,22,23)/t17-,20+/m0/s1. The van der Waals surface area contributed by atoms with Gasteiger partial charge in [0, 0.05) is 58.3 Å². The number of hydrogen-bond donors (Lipinski definition) is 1. The topological polar surface area (TPSA) is 65.8 Å². The van der Waals surface area contributed by atoms with Crippen LogP contribution in [0.1, 0.15) is 29.3 Å². The Bertz CT molecular complexity index is 842. The van der Waals surface area contributed by atoms with E-state index in [2.05, 4.69) is 29.5 Å². The zero-order valence-electron chi connectivity index (χ0n) is 17.4. The van der Waals surface area contributed by atoms with Gasteiger partial charge < -0.3 is 15.1 Å². The van der Waals surface area contributed by atoms with Crippen molar-refractivity contribution in [1.29, 1.82) is 0 Å². The van der Waals surface area contributed by atoms with Gasteiger partial charge in [-0.2, -0.15) is 5.10 Å². The quantitative estimate of drug-likeness (QED) is 0.634. The van der Waals surface area contributed by atoms with Gasteiger partial charge in [-0.05, 0) is 12.5 Å². The van der Waals surface area contributed by atoms with Crippen molar-refractivity contribution in [1.82, 2.24) is 24.9 Å². The molecule has 1 fully saturated rings. The highest BCUT2D eigenvalue weighted by molar-refractivity contribution is 5.81. The minimum atomic E-state index is 0.0336. The first-order chi connectivity index (χ1) is 13.4. The second kappa shape index (κ2) is 8.46. The van der Waals surface area contributed by atoms with E-state index in [1.165, 1.54) is 5.56 Å². The van der Waals surface area contributed by atoms with E-state index in [4.69, 9.17) is 4.99 Å². The number of carbonyl (C=O) groups excluding carboxylic acids is 1. The molecule has 7 nitrogen and oxygen atoms in total. The Balaban J connectivity index is 1.72. The van der Waals surface area contributed by atoms with E-state index in [9.17, 15) is 4.79 Å². The van der Waals surface area contributed by atoms with Gasteiger partial charge in [0.05, 0.1) is 18.8 Å². The molecule has 1 aromatic heterocycles. The van der Waals surface area contributed by atoms with Crippen LogP contribution in [0.2, 0.25) is 0 Å². The van der Waals surface area contributed by atoms with Crippen molar-refractivity contribution in [3.05, 3.63) is 53.3 Å². The fraction of sp³-hybridized carbons (Fsp3) is 0.476. The van der Waals surface area contributed by atoms with Gasteiger partial charge >= 0.3 is 0 Å². The zero-order chi connectivity index (χ0) is 20.3. The van der Waals surface area contributed by atoms with E-state index in [1.54, 1.807) is 0 Å². The number of likely N-dealkylation sites (tertiary alicyclic amines) is 1. The van der Waals surface area contributed by atoms with Crippen LogP contribution in [0, 0.1) is 12.8 Å². The van der Waals surface area contributed by atoms with Crippen LogP contribution < -0.4 is 5.32 Å². The summed E-state index contributed by atoms with van der Waals surface area (Å²) in [6.45, 7) is 3.35. The van der Waals surface area contributed by atoms with Crippen molar-refractivity contribution in [2.24, 2.45) is 18.0 Å². The van der Waals surface area contributed by atoms with E-state index < -0.39 is 0 Å². The Kier molecular flexibility index (Phi) is 6.02. The van der Waals surface area contributed by atoms with Gasteiger partial charge in [-0.15, -0.1) is 0 Å². The number of hydrogen-bond acceptors (Lipinski definition) is 3. The summed E-state index contributed by atoms with van der Waals surface area (Å²) in [5.74, 6) is 1.17. The van der Waals surface area contributed by atoms with Gasteiger partial charge in [0.25, 0.3) is 0 Å². The lowest BCUT2D eigenvalue weighted by atomic mass is 9.94. The third-order valence-electron chi connectivity index (χ3n) is 5.49. The Labute approximate surface area is 167 Å². The van der Waals surface area contributed by atoms with Crippen LogP contribution in [0.3, 0.4) is 0 Å². The highest BCUT2D eigenvalue weighted by atomic mass is 16.2. The van der Waals surface area contributed by atoms with Crippen LogP contribution >= 0.6 is 0 Å². The largest absolute Gasteiger partial charge is 0.356 e. The molecule has 3 rings (SSSR count). The average molecular weight is 383 g/mol. The first-order valence-corrected chi connectivity index (χ1v) is 9.62. The minimum Gasteiger partial charge on any atom is -0.356 e.